The summed E-state index contributed by atoms with van der Waals surface area (Å²) in [5.74, 6) is 6.09. The van der Waals surface area contributed by atoms with Gasteiger partial charge in [-0.1, -0.05) is 6.07 Å². The van der Waals surface area contributed by atoms with E-state index in [2.05, 4.69) is 15.4 Å². The van der Waals surface area contributed by atoms with E-state index in [0.717, 1.165) is 11.4 Å². The number of nitrogens with two attached hydrogens (primary N) is 1. The van der Waals surface area contributed by atoms with Gasteiger partial charge in [0.05, 0.1) is 17.8 Å². The molecule has 0 radical (unpaired) electrons. The molecule has 1 aromatic carbocycles. The molecule has 1 heterocycles. The quantitative estimate of drug-likeness (QED) is 0.570. The van der Waals surface area contributed by atoms with E-state index < -0.39 is 0 Å². The first-order valence-corrected chi connectivity index (χ1v) is 5.93. The molecule has 6 heteroatoms. The maximum Gasteiger partial charge on any atom is 0.256 e. The van der Waals surface area contributed by atoms with Crippen molar-refractivity contribution in [1.29, 1.82) is 0 Å². The molecule has 0 atom stereocenters. The number of carbonyl (C=O) groups is 1. The lowest BCUT2D eigenvalue weighted by Gasteiger charge is -2.18. The summed E-state index contributed by atoms with van der Waals surface area (Å²) in [4.78, 5) is 21.0. The maximum absolute atomic E-state index is 12.4. The molecular formula is C13H17N5O. The number of nitrogens with zero attached hydrogens (tertiary/aromatic N) is 2. The lowest BCUT2D eigenvalue weighted by atomic mass is 10.1. The molecule has 100 valence electrons. The van der Waals surface area contributed by atoms with Crippen molar-refractivity contribution in [2.45, 2.75) is 13.5 Å². The minimum absolute atomic E-state index is 0.107. The lowest BCUT2D eigenvalue weighted by Crippen LogP contribution is -2.28. The van der Waals surface area contributed by atoms with Crippen molar-refractivity contribution in [2.24, 2.45) is 5.84 Å². The summed E-state index contributed by atoms with van der Waals surface area (Å²) in [6.45, 7) is 2.37. The number of hydrogen-bond acceptors (Lipinski definition) is 4. The van der Waals surface area contributed by atoms with Gasteiger partial charge in [-0.25, -0.2) is 4.98 Å². The molecule has 1 amide bonds. The van der Waals surface area contributed by atoms with Gasteiger partial charge in [-0.2, -0.15) is 0 Å². The molecule has 0 aliphatic rings. The first-order chi connectivity index (χ1) is 9.11. The Morgan fingerprint density at radius 2 is 2.32 bits per heavy atom. The highest BCUT2D eigenvalue weighted by Gasteiger charge is 2.16. The highest BCUT2D eigenvalue weighted by molar-refractivity contribution is 5.99. The third-order valence-corrected chi connectivity index (χ3v) is 2.85. The van der Waals surface area contributed by atoms with Gasteiger partial charge in [-0.05, 0) is 24.6 Å². The Bertz CT molecular complexity index is 564. The molecule has 0 aliphatic carbocycles. The number of H-pyrrole nitrogens is 1. The van der Waals surface area contributed by atoms with E-state index >= 15 is 0 Å². The van der Waals surface area contributed by atoms with E-state index in [1.54, 1.807) is 30.4 Å². The van der Waals surface area contributed by atoms with E-state index in [1.807, 2.05) is 19.1 Å². The van der Waals surface area contributed by atoms with Gasteiger partial charge in [0.1, 0.15) is 5.82 Å². The Morgan fingerprint density at radius 3 is 2.95 bits per heavy atom. The first kappa shape index (κ1) is 13.1. The van der Waals surface area contributed by atoms with Crippen LogP contribution in [0.1, 0.15) is 21.7 Å². The van der Waals surface area contributed by atoms with Crippen molar-refractivity contribution >= 4 is 11.6 Å². The number of aryl methyl sites for hydroxylation is 1. The summed E-state index contributed by atoms with van der Waals surface area (Å²) in [5.41, 5.74) is 4.77. The van der Waals surface area contributed by atoms with Crippen molar-refractivity contribution < 1.29 is 4.79 Å². The SMILES string of the molecule is Cc1ccc(C(=O)N(C)Cc2ncc[nH]2)c(NN)c1. The van der Waals surface area contributed by atoms with E-state index in [0.29, 0.717) is 17.8 Å². The molecular weight excluding hydrogens is 242 g/mol. The van der Waals surface area contributed by atoms with Crippen molar-refractivity contribution in [3.8, 4) is 0 Å². The zero-order valence-electron chi connectivity index (χ0n) is 11.0. The van der Waals surface area contributed by atoms with Crippen LogP contribution >= 0.6 is 0 Å². The number of aromatic amines is 1. The standard InChI is InChI=1S/C13H17N5O/c1-9-3-4-10(11(7-9)17-14)13(19)18(2)8-12-15-5-6-16-12/h3-7,17H,8,14H2,1-2H3,(H,15,16). The third kappa shape index (κ3) is 2.92. The molecule has 6 nitrogen and oxygen atoms in total. The summed E-state index contributed by atoms with van der Waals surface area (Å²) in [6, 6.07) is 5.49. The number of aromatic nitrogens is 2. The molecule has 0 unspecified atom stereocenters. The number of nitrogens with one attached hydrogen (secondary N) is 2. The molecule has 0 saturated carbocycles. The molecule has 2 rings (SSSR count). The van der Waals surface area contributed by atoms with Gasteiger partial charge in [0.2, 0.25) is 0 Å². The van der Waals surface area contributed by atoms with Crippen molar-refractivity contribution in [2.75, 3.05) is 12.5 Å². The number of anilines is 1. The molecule has 0 fully saturated rings. The Kier molecular flexibility index (Phi) is 3.82. The van der Waals surface area contributed by atoms with E-state index in [4.69, 9.17) is 5.84 Å². The van der Waals surface area contributed by atoms with Crippen LogP contribution in [-0.2, 0) is 6.54 Å². The number of carbonyl (C=O) groups excluding carboxylic acids is 1. The smallest absolute Gasteiger partial charge is 0.256 e. The van der Waals surface area contributed by atoms with Gasteiger partial charge in [0.25, 0.3) is 5.91 Å². The van der Waals surface area contributed by atoms with Gasteiger partial charge in [-0.15, -0.1) is 0 Å². The minimum Gasteiger partial charge on any atom is -0.347 e. The van der Waals surface area contributed by atoms with Gasteiger partial charge in [-0.3, -0.25) is 10.6 Å². The number of amides is 1. The van der Waals surface area contributed by atoms with Crippen LogP contribution in [0.3, 0.4) is 0 Å². The summed E-state index contributed by atoms with van der Waals surface area (Å²) in [6.07, 6.45) is 3.39. The molecule has 4 N–H and O–H groups in total. The minimum atomic E-state index is -0.107. The summed E-state index contributed by atoms with van der Waals surface area (Å²) >= 11 is 0. The van der Waals surface area contributed by atoms with Crippen LogP contribution in [0.2, 0.25) is 0 Å². The first-order valence-electron chi connectivity index (χ1n) is 5.93. The van der Waals surface area contributed by atoms with Crippen LogP contribution in [0.15, 0.2) is 30.6 Å². The summed E-state index contributed by atoms with van der Waals surface area (Å²) < 4.78 is 0. The second kappa shape index (κ2) is 5.53. The number of hydrazine groups is 1. The van der Waals surface area contributed by atoms with Crippen molar-refractivity contribution in [1.82, 2.24) is 14.9 Å². The fourth-order valence-corrected chi connectivity index (χ4v) is 1.85. The zero-order chi connectivity index (χ0) is 13.8. The topological polar surface area (TPSA) is 87.0 Å². The Labute approximate surface area is 111 Å². The average Bonchev–Trinajstić information content (AvgIpc) is 2.90. The van der Waals surface area contributed by atoms with Crippen LogP contribution < -0.4 is 11.3 Å². The molecule has 19 heavy (non-hydrogen) atoms. The summed E-state index contributed by atoms with van der Waals surface area (Å²) in [5, 5.41) is 0. The van der Waals surface area contributed by atoms with Crippen LogP contribution in [0.5, 0.6) is 0 Å². The molecule has 2 aromatic rings. The van der Waals surface area contributed by atoms with E-state index in [1.165, 1.54) is 0 Å². The molecule has 0 bridgehead atoms. The van der Waals surface area contributed by atoms with Crippen LogP contribution in [0.4, 0.5) is 5.69 Å². The number of hydrogen-bond donors (Lipinski definition) is 3. The normalized spacial score (nSPS) is 10.3. The van der Waals surface area contributed by atoms with E-state index in [-0.39, 0.29) is 5.91 Å². The zero-order valence-corrected chi connectivity index (χ0v) is 11.0. The largest absolute Gasteiger partial charge is 0.347 e. The van der Waals surface area contributed by atoms with Crippen LogP contribution in [0, 0.1) is 6.92 Å². The van der Waals surface area contributed by atoms with Gasteiger partial charge < -0.3 is 15.3 Å². The average molecular weight is 259 g/mol. The molecule has 0 aliphatic heterocycles. The Hall–Kier alpha value is -2.34. The fraction of sp³-hybridized carbons (Fsp3) is 0.231. The second-order valence-electron chi connectivity index (χ2n) is 4.39. The van der Waals surface area contributed by atoms with Gasteiger partial charge in [0, 0.05) is 19.4 Å². The lowest BCUT2D eigenvalue weighted by molar-refractivity contribution is 0.0783. The monoisotopic (exact) mass is 259 g/mol. The van der Waals surface area contributed by atoms with Crippen LogP contribution in [-0.4, -0.2) is 27.8 Å². The van der Waals surface area contributed by atoms with Crippen molar-refractivity contribution in [3.05, 3.63) is 47.5 Å². The van der Waals surface area contributed by atoms with Gasteiger partial charge in [0.15, 0.2) is 0 Å². The number of nitrogen functional groups attached to an aromatic ring is 1. The predicted octanol–water partition coefficient (Wildman–Crippen LogP) is 1.28. The second-order valence-corrected chi connectivity index (χ2v) is 4.39. The van der Waals surface area contributed by atoms with Crippen molar-refractivity contribution in [3.63, 3.8) is 0 Å². The number of rotatable bonds is 4. The summed E-state index contributed by atoms with van der Waals surface area (Å²) in [7, 11) is 1.73. The fourth-order valence-electron chi connectivity index (χ4n) is 1.85. The molecule has 1 aromatic heterocycles. The predicted molar refractivity (Wildman–Crippen MR) is 73.4 cm³/mol. The van der Waals surface area contributed by atoms with E-state index in [9.17, 15) is 4.79 Å². The number of imidazole rings is 1. The molecule has 0 spiro atoms. The number of benzene rings is 1. The third-order valence-electron chi connectivity index (χ3n) is 2.85. The Morgan fingerprint density at radius 1 is 1.53 bits per heavy atom. The maximum atomic E-state index is 12.4. The highest BCUT2D eigenvalue weighted by atomic mass is 16.2. The molecule has 0 saturated heterocycles. The highest BCUT2D eigenvalue weighted by Crippen LogP contribution is 2.18. The Balaban J connectivity index is 2.19. The van der Waals surface area contributed by atoms with Crippen LogP contribution in [0.25, 0.3) is 0 Å². The van der Waals surface area contributed by atoms with Gasteiger partial charge >= 0.3 is 0 Å².